The van der Waals surface area contributed by atoms with Crippen LogP contribution < -0.4 is 5.73 Å². The number of thiophene rings is 1. The second kappa shape index (κ2) is 7.92. The smallest absolute Gasteiger partial charge is 0.107 e. The molecule has 2 rings (SSSR count). The van der Waals surface area contributed by atoms with E-state index in [0.717, 1.165) is 10.2 Å². The number of ether oxygens (including phenoxy) is 1. The molecule has 1 heterocycles. The molecule has 1 saturated carbocycles. The molecule has 0 radical (unpaired) electrons. The molecule has 0 amide bonds. The molecule has 114 valence electrons. The minimum Gasteiger partial charge on any atom is -0.368 e. The van der Waals surface area contributed by atoms with Gasteiger partial charge in [-0.3, -0.25) is 0 Å². The van der Waals surface area contributed by atoms with E-state index in [0.29, 0.717) is 12.0 Å². The van der Waals surface area contributed by atoms with E-state index in [2.05, 4.69) is 41.9 Å². The average molecular weight is 360 g/mol. The Morgan fingerprint density at radius 1 is 1.35 bits per heavy atom. The first-order valence-corrected chi connectivity index (χ1v) is 9.42. The van der Waals surface area contributed by atoms with Crippen LogP contribution in [0.4, 0.5) is 0 Å². The first-order chi connectivity index (χ1) is 9.65. The third kappa shape index (κ3) is 4.06. The fourth-order valence-corrected chi connectivity index (χ4v) is 4.62. The maximum absolute atomic E-state index is 6.51. The summed E-state index contributed by atoms with van der Waals surface area (Å²) >= 11 is 5.29. The van der Waals surface area contributed by atoms with Gasteiger partial charge in [0.15, 0.2) is 0 Å². The molecule has 1 aliphatic rings. The topological polar surface area (TPSA) is 35.2 Å². The molecule has 4 heteroatoms. The summed E-state index contributed by atoms with van der Waals surface area (Å²) in [5, 5.41) is 0. The maximum Gasteiger partial charge on any atom is 0.107 e. The number of halogens is 1. The molecule has 2 nitrogen and oxygen atoms in total. The van der Waals surface area contributed by atoms with Gasteiger partial charge >= 0.3 is 0 Å². The molecule has 4 unspecified atom stereocenters. The van der Waals surface area contributed by atoms with Gasteiger partial charge in [0, 0.05) is 10.9 Å². The highest BCUT2D eigenvalue weighted by Crippen LogP contribution is 2.37. The van der Waals surface area contributed by atoms with Crippen molar-refractivity contribution in [2.24, 2.45) is 11.7 Å². The van der Waals surface area contributed by atoms with E-state index in [4.69, 9.17) is 10.5 Å². The molecule has 2 N–H and O–H groups in total. The monoisotopic (exact) mass is 359 g/mol. The van der Waals surface area contributed by atoms with Crippen molar-refractivity contribution in [1.82, 2.24) is 0 Å². The van der Waals surface area contributed by atoms with Crippen molar-refractivity contribution in [3.8, 4) is 0 Å². The van der Waals surface area contributed by atoms with E-state index >= 15 is 0 Å². The van der Waals surface area contributed by atoms with Gasteiger partial charge in [-0.05, 0) is 53.2 Å². The predicted octanol–water partition coefficient (Wildman–Crippen LogP) is 5.27. The normalized spacial score (nSPS) is 26.4. The molecule has 4 atom stereocenters. The highest BCUT2D eigenvalue weighted by atomic mass is 79.9. The molecule has 1 aliphatic carbocycles. The van der Waals surface area contributed by atoms with Crippen molar-refractivity contribution in [1.29, 1.82) is 0 Å². The minimum absolute atomic E-state index is 0.0495. The molecule has 0 bridgehead atoms. The summed E-state index contributed by atoms with van der Waals surface area (Å²) in [7, 11) is 0. The lowest BCUT2D eigenvalue weighted by molar-refractivity contribution is -0.0710. The summed E-state index contributed by atoms with van der Waals surface area (Å²) in [4.78, 5) is 1.26. The van der Waals surface area contributed by atoms with Crippen LogP contribution in [-0.4, -0.2) is 12.1 Å². The Labute approximate surface area is 135 Å². The van der Waals surface area contributed by atoms with Gasteiger partial charge in [-0.2, -0.15) is 0 Å². The first kappa shape index (κ1) is 16.5. The van der Waals surface area contributed by atoms with E-state index in [9.17, 15) is 0 Å². The fourth-order valence-electron chi connectivity index (χ4n) is 3.08. The molecule has 0 aliphatic heterocycles. The summed E-state index contributed by atoms with van der Waals surface area (Å²) < 4.78 is 7.66. The van der Waals surface area contributed by atoms with Crippen molar-refractivity contribution in [2.75, 3.05) is 0 Å². The van der Waals surface area contributed by atoms with Crippen LogP contribution in [0.25, 0.3) is 0 Å². The molecule has 20 heavy (non-hydrogen) atoms. The standard InChI is InChI=1S/C16H26BrNOS/c1-3-11-7-5-6-8-13(11)19-16(12(18)4-2)14-9-10-15(17)20-14/h9-13,16H,3-8,18H2,1-2H3. The summed E-state index contributed by atoms with van der Waals surface area (Å²) in [6.07, 6.45) is 7.75. The predicted molar refractivity (Wildman–Crippen MR) is 90.1 cm³/mol. The van der Waals surface area contributed by atoms with Crippen molar-refractivity contribution in [3.05, 3.63) is 20.8 Å². The fraction of sp³-hybridized carbons (Fsp3) is 0.750. The molecule has 1 aromatic heterocycles. The molecule has 1 aromatic rings. The van der Waals surface area contributed by atoms with E-state index in [1.54, 1.807) is 11.3 Å². The van der Waals surface area contributed by atoms with Gasteiger partial charge in [0.2, 0.25) is 0 Å². The summed E-state index contributed by atoms with van der Waals surface area (Å²) in [6, 6.07) is 4.33. The van der Waals surface area contributed by atoms with Gasteiger partial charge in [-0.15, -0.1) is 11.3 Å². The van der Waals surface area contributed by atoms with Gasteiger partial charge < -0.3 is 10.5 Å². The number of hydrogen-bond donors (Lipinski definition) is 1. The Kier molecular flexibility index (Phi) is 6.53. The van der Waals surface area contributed by atoms with Gasteiger partial charge in [0.25, 0.3) is 0 Å². The Balaban J connectivity index is 2.11. The first-order valence-electron chi connectivity index (χ1n) is 7.82. The third-order valence-corrected chi connectivity index (χ3v) is 6.10. The highest BCUT2D eigenvalue weighted by molar-refractivity contribution is 9.11. The van der Waals surface area contributed by atoms with Crippen molar-refractivity contribution in [2.45, 2.75) is 70.6 Å². The summed E-state index contributed by atoms with van der Waals surface area (Å²) in [6.45, 7) is 4.42. The average Bonchev–Trinajstić information content (AvgIpc) is 2.90. The van der Waals surface area contributed by atoms with Crippen LogP contribution in [0, 0.1) is 5.92 Å². The van der Waals surface area contributed by atoms with Gasteiger partial charge in [-0.1, -0.05) is 33.1 Å². The number of rotatable bonds is 6. The zero-order valence-electron chi connectivity index (χ0n) is 12.5. The number of nitrogens with two attached hydrogens (primary N) is 1. The lowest BCUT2D eigenvalue weighted by Gasteiger charge is -2.35. The van der Waals surface area contributed by atoms with Crippen LogP contribution in [0.5, 0.6) is 0 Å². The molecule has 0 aromatic carbocycles. The maximum atomic E-state index is 6.51. The van der Waals surface area contributed by atoms with Crippen LogP contribution in [0.1, 0.15) is 63.4 Å². The van der Waals surface area contributed by atoms with Gasteiger partial charge in [-0.25, -0.2) is 0 Å². The highest BCUT2D eigenvalue weighted by Gasteiger charge is 2.30. The molecule has 1 fully saturated rings. The van der Waals surface area contributed by atoms with Crippen molar-refractivity contribution in [3.63, 3.8) is 0 Å². The number of hydrogen-bond acceptors (Lipinski definition) is 3. The van der Waals surface area contributed by atoms with E-state index in [1.807, 2.05) is 0 Å². The quantitative estimate of drug-likeness (QED) is 0.750. The van der Waals surface area contributed by atoms with Gasteiger partial charge in [0.1, 0.15) is 6.10 Å². The Hall–Kier alpha value is 0.1000. The Morgan fingerprint density at radius 3 is 2.70 bits per heavy atom. The van der Waals surface area contributed by atoms with E-state index in [1.165, 1.54) is 37.0 Å². The molecule has 0 spiro atoms. The lowest BCUT2D eigenvalue weighted by atomic mass is 9.84. The van der Waals surface area contributed by atoms with Crippen molar-refractivity contribution >= 4 is 27.3 Å². The molecule has 0 saturated heterocycles. The zero-order chi connectivity index (χ0) is 14.5. The van der Waals surface area contributed by atoms with Gasteiger partial charge in [0.05, 0.1) is 9.89 Å². The molecular formula is C16H26BrNOS. The molecular weight excluding hydrogens is 334 g/mol. The van der Waals surface area contributed by atoms with Crippen LogP contribution in [0.3, 0.4) is 0 Å². The van der Waals surface area contributed by atoms with Crippen LogP contribution >= 0.6 is 27.3 Å². The van der Waals surface area contributed by atoms with Crippen molar-refractivity contribution < 1.29 is 4.74 Å². The van der Waals surface area contributed by atoms with E-state index < -0.39 is 0 Å². The second-order valence-electron chi connectivity index (χ2n) is 5.76. The Bertz CT molecular complexity index is 409. The Morgan fingerprint density at radius 2 is 2.10 bits per heavy atom. The van der Waals surface area contributed by atoms with Crippen LogP contribution in [-0.2, 0) is 4.74 Å². The third-order valence-electron chi connectivity index (χ3n) is 4.42. The minimum atomic E-state index is 0.0495. The summed E-state index contributed by atoms with van der Waals surface area (Å²) in [5.41, 5.74) is 6.33. The second-order valence-corrected chi connectivity index (χ2v) is 8.26. The van der Waals surface area contributed by atoms with E-state index in [-0.39, 0.29) is 12.1 Å². The largest absolute Gasteiger partial charge is 0.368 e. The lowest BCUT2D eigenvalue weighted by Crippen LogP contribution is -2.36. The SMILES string of the molecule is CCC(N)C(OC1CCCCC1CC)c1ccc(Br)s1. The summed E-state index contributed by atoms with van der Waals surface area (Å²) in [5.74, 6) is 0.707. The van der Waals surface area contributed by atoms with Crippen LogP contribution in [0.15, 0.2) is 15.9 Å². The zero-order valence-corrected chi connectivity index (χ0v) is 14.9. The van der Waals surface area contributed by atoms with Crippen LogP contribution in [0.2, 0.25) is 0 Å².